The summed E-state index contributed by atoms with van der Waals surface area (Å²) in [6.45, 7) is 2.67. The molecule has 1 aliphatic carbocycles. The fourth-order valence-electron chi connectivity index (χ4n) is 5.36. The van der Waals surface area contributed by atoms with Crippen LogP contribution in [-0.2, 0) is 4.79 Å². The second kappa shape index (κ2) is 10.2. The summed E-state index contributed by atoms with van der Waals surface area (Å²) in [4.78, 5) is 41.0. The fraction of sp³-hybridized carbons (Fsp3) is 0.538. The molecule has 0 unspecified atom stereocenters. The summed E-state index contributed by atoms with van der Waals surface area (Å²) in [7, 11) is 3.91. The van der Waals surface area contributed by atoms with Crippen LogP contribution < -0.4 is 20.4 Å². The minimum Gasteiger partial charge on any atom is -0.351 e. The van der Waals surface area contributed by atoms with Gasteiger partial charge in [-0.3, -0.25) is 9.59 Å². The Morgan fingerprint density at radius 1 is 1.06 bits per heavy atom. The van der Waals surface area contributed by atoms with Crippen molar-refractivity contribution in [3.8, 4) is 0 Å². The minimum absolute atomic E-state index is 0.0569. The molecule has 2 aromatic rings. The first kappa shape index (κ1) is 23.5. The Balaban J connectivity index is 1.34. The highest BCUT2D eigenvalue weighted by atomic mass is 16.2. The van der Waals surface area contributed by atoms with Crippen molar-refractivity contribution in [3.63, 3.8) is 0 Å². The third kappa shape index (κ3) is 5.24. The highest BCUT2D eigenvalue weighted by Gasteiger charge is 2.31. The summed E-state index contributed by atoms with van der Waals surface area (Å²) >= 11 is 0. The van der Waals surface area contributed by atoms with Crippen LogP contribution in [0, 0.1) is 0 Å². The van der Waals surface area contributed by atoms with Gasteiger partial charge in [0.15, 0.2) is 5.82 Å². The van der Waals surface area contributed by atoms with E-state index in [0.29, 0.717) is 30.5 Å². The molecule has 3 aliphatic rings. The van der Waals surface area contributed by atoms with Gasteiger partial charge in [0, 0.05) is 43.3 Å². The molecule has 1 aromatic carbocycles. The number of fused-ring (bicyclic) bond motifs is 1. The molecule has 5 rings (SSSR count). The Morgan fingerprint density at radius 3 is 2.60 bits per heavy atom. The number of nitrogens with zero attached hydrogens (tertiary/aromatic N) is 5. The number of rotatable bonds is 5. The smallest absolute Gasteiger partial charge is 0.251 e. The lowest BCUT2D eigenvalue weighted by molar-refractivity contribution is -0.118. The van der Waals surface area contributed by atoms with E-state index in [1.807, 2.05) is 24.3 Å². The zero-order chi connectivity index (χ0) is 24.4. The van der Waals surface area contributed by atoms with Crippen molar-refractivity contribution in [2.24, 2.45) is 0 Å². The van der Waals surface area contributed by atoms with Crippen molar-refractivity contribution in [3.05, 3.63) is 36.0 Å². The van der Waals surface area contributed by atoms with E-state index in [1.165, 1.54) is 12.8 Å². The number of likely N-dealkylation sites (tertiary alicyclic amines) is 1. The number of anilines is 4. The van der Waals surface area contributed by atoms with Crippen molar-refractivity contribution >= 4 is 35.0 Å². The lowest BCUT2D eigenvalue weighted by atomic mass is 10.0. The number of aromatic nitrogens is 2. The fourth-order valence-corrected chi connectivity index (χ4v) is 5.36. The Morgan fingerprint density at radius 2 is 1.83 bits per heavy atom. The topological polar surface area (TPSA) is 93.7 Å². The molecule has 9 nitrogen and oxygen atoms in total. The number of nitrogens with one attached hydrogen (secondary N) is 2. The van der Waals surface area contributed by atoms with Gasteiger partial charge in [-0.15, -0.1) is 0 Å². The molecule has 1 saturated heterocycles. The molecule has 0 spiro atoms. The molecule has 1 aromatic heterocycles. The third-order valence-electron chi connectivity index (χ3n) is 7.52. The van der Waals surface area contributed by atoms with E-state index in [4.69, 9.17) is 4.98 Å². The lowest BCUT2D eigenvalue weighted by Gasteiger charge is -2.30. The Labute approximate surface area is 206 Å². The van der Waals surface area contributed by atoms with E-state index in [2.05, 4.69) is 32.5 Å². The van der Waals surface area contributed by atoms with Crippen LogP contribution in [0.25, 0.3) is 0 Å². The first-order valence-electron chi connectivity index (χ1n) is 12.7. The van der Waals surface area contributed by atoms with Crippen LogP contribution in [0.3, 0.4) is 0 Å². The van der Waals surface area contributed by atoms with Crippen LogP contribution in [0.1, 0.15) is 55.3 Å². The molecule has 2 aliphatic heterocycles. The van der Waals surface area contributed by atoms with Crippen LogP contribution in [0.5, 0.6) is 0 Å². The van der Waals surface area contributed by atoms with Crippen molar-refractivity contribution in [1.82, 2.24) is 20.2 Å². The summed E-state index contributed by atoms with van der Waals surface area (Å²) < 4.78 is 0. The summed E-state index contributed by atoms with van der Waals surface area (Å²) in [6.07, 6.45) is 8.81. The molecule has 186 valence electrons. The zero-order valence-electron chi connectivity index (χ0n) is 20.7. The molecular formula is C26H35N7O2. The maximum atomic E-state index is 12.9. The van der Waals surface area contributed by atoms with E-state index in [0.717, 1.165) is 56.0 Å². The quantitative estimate of drug-likeness (QED) is 0.683. The van der Waals surface area contributed by atoms with E-state index < -0.39 is 0 Å². The number of benzene rings is 1. The summed E-state index contributed by atoms with van der Waals surface area (Å²) in [5, 5.41) is 6.45. The number of amides is 2. The van der Waals surface area contributed by atoms with Crippen LogP contribution in [0.2, 0.25) is 0 Å². The molecule has 9 heteroatoms. The molecule has 2 fully saturated rings. The van der Waals surface area contributed by atoms with Crippen LogP contribution >= 0.6 is 0 Å². The van der Waals surface area contributed by atoms with Gasteiger partial charge in [0.1, 0.15) is 5.69 Å². The zero-order valence-corrected chi connectivity index (χ0v) is 20.7. The highest BCUT2D eigenvalue weighted by molar-refractivity contribution is 5.97. The van der Waals surface area contributed by atoms with Crippen LogP contribution in [-0.4, -0.2) is 72.5 Å². The van der Waals surface area contributed by atoms with E-state index in [-0.39, 0.29) is 17.9 Å². The lowest BCUT2D eigenvalue weighted by Crippen LogP contribution is -2.43. The number of hydrogen-bond donors (Lipinski definition) is 2. The van der Waals surface area contributed by atoms with Gasteiger partial charge in [0.25, 0.3) is 5.91 Å². The summed E-state index contributed by atoms with van der Waals surface area (Å²) in [5.74, 6) is 1.29. The molecule has 35 heavy (non-hydrogen) atoms. The molecule has 0 radical (unpaired) electrons. The molecule has 0 bridgehead atoms. The van der Waals surface area contributed by atoms with Gasteiger partial charge < -0.3 is 25.3 Å². The van der Waals surface area contributed by atoms with E-state index in [9.17, 15) is 9.59 Å². The van der Waals surface area contributed by atoms with Gasteiger partial charge in [0.2, 0.25) is 11.9 Å². The van der Waals surface area contributed by atoms with Gasteiger partial charge in [-0.1, -0.05) is 18.9 Å². The minimum atomic E-state index is -0.0569. The monoisotopic (exact) mass is 477 g/mol. The van der Waals surface area contributed by atoms with Crippen molar-refractivity contribution < 1.29 is 9.59 Å². The second-order valence-electron chi connectivity index (χ2n) is 9.99. The molecule has 3 heterocycles. The van der Waals surface area contributed by atoms with E-state index >= 15 is 0 Å². The maximum Gasteiger partial charge on any atom is 0.251 e. The van der Waals surface area contributed by atoms with Crippen LogP contribution in [0.4, 0.5) is 23.1 Å². The average Bonchev–Trinajstić information content (AvgIpc) is 3.36. The van der Waals surface area contributed by atoms with Crippen molar-refractivity contribution in [2.75, 3.05) is 48.8 Å². The van der Waals surface area contributed by atoms with Gasteiger partial charge in [-0.05, 0) is 64.0 Å². The first-order valence-corrected chi connectivity index (χ1v) is 12.7. The number of carbonyl (C=O) groups excluding carboxylic acids is 2. The maximum absolute atomic E-state index is 12.9. The number of carbonyl (C=O) groups is 2. The van der Waals surface area contributed by atoms with Crippen LogP contribution in [0.15, 0.2) is 30.5 Å². The SMILES string of the molecule is CN1CCC(NC(=O)c2cccc(Nc3ncc4c(n3)N(C3CCCC3)CCC(=O)N4C)c2)CC1. The first-order chi connectivity index (χ1) is 17.0. The molecule has 2 N–H and O–H groups in total. The third-order valence-corrected chi connectivity index (χ3v) is 7.52. The second-order valence-corrected chi connectivity index (χ2v) is 9.99. The highest BCUT2D eigenvalue weighted by Crippen LogP contribution is 2.36. The Hall–Kier alpha value is -3.20. The normalized spacial score (nSPS) is 20.0. The molecule has 1 saturated carbocycles. The summed E-state index contributed by atoms with van der Waals surface area (Å²) in [5.41, 5.74) is 2.12. The predicted molar refractivity (Wildman–Crippen MR) is 137 cm³/mol. The molecule has 0 atom stereocenters. The van der Waals surface area contributed by atoms with Crippen molar-refractivity contribution in [2.45, 2.75) is 57.0 Å². The number of piperidine rings is 1. The molecular weight excluding hydrogens is 442 g/mol. The van der Waals surface area contributed by atoms with Gasteiger partial charge in [0.05, 0.1) is 6.20 Å². The largest absolute Gasteiger partial charge is 0.351 e. The average molecular weight is 478 g/mol. The van der Waals surface area contributed by atoms with Crippen molar-refractivity contribution in [1.29, 1.82) is 0 Å². The Bertz CT molecular complexity index is 1080. The standard InChI is InChI=1S/C26H35N7O2/c1-31-13-10-19(11-14-31)28-25(35)18-6-5-7-20(16-18)29-26-27-17-22-24(30-26)33(21-8-3-4-9-21)15-12-23(34)32(22)2/h5-7,16-17,19,21H,3-4,8-15H2,1-2H3,(H,28,35)(H,27,29,30). The van der Waals surface area contributed by atoms with Gasteiger partial charge in [-0.2, -0.15) is 4.98 Å². The van der Waals surface area contributed by atoms with Gasteiger partial charge in [-0.25, -0.2) is 4.98 Å². The predicted octanol–water partition coefficient (Wildman–Crippen LogP) is 3.16. The van der Waals surface area contributed by atoms with E-state index in [1.54, 1.807) is 18.1 Å². The summed E-state index contributed by atoms with van der Waals surface area (Å²) in [6, 6.07) is 8.06. The molecule has 2 amide bonds. The van der Waals surface area contributed by atoms with Gasteiger partial charge >= 0.3 is 0 Å². The Kier molecular flexibility index (Phi) is 6.86. The number of hydrogen-bond acceptors (Lipinski definition) is 7.